The summed E-state index contributed by atoms with van der Waals surface area (Å²) in [7, 11) is 0. The van der Waals surface area contributed by atoms with Gasteiger partial charge >= 0.3 is 0 Å². The van der Waals surface area contributed by atoms with Crippen molar-refractivity contribution in [3.05, 3.63) is 59.0 Å². The third kappa shape index (κ3) is 4.20. The van der Waals surface area contributed by atoms with E-state index in [2.05, 4.69) is 22.2 Å². The summed E-state index contributed by atoms with van der Waals surface area (Å²) >= 11 is 1.57. The number of carbonyl (C=O) groups is 1. The maximum Gasteiger partial charge on any atom is 0.253 e. The number of nitrogens with zero attached hydrogens (tertiary/aromatic N) is 6. The monoisotopic (exact) mass is 461 g/mol. The SMILES string of the molecule is CCc1nc(-n2nc(C)cc2C)nc2nc(N3CCC[C@@H]3C(=O)NCc3ccccc3)sc12. The number of nitrogens with one attached hydrogen (secondary N) is 1. The number of rotatable bonds is 6. The second-order valence-electron chi connectivity index (χ2n) is 8.37. The highest BCUT2D eigenvalue weighted by Gasteiger charge is 2.33. The van der Waals surface area contributed by atoms with Crippen molar-refractivity contribution in [3.8, 4) is 5.95 Å². The van der Waals surface area contributed by atoms with E-state index in [4.69, 9.17) is 15.0 Å². The quantitative estimate of drug-likeness (QED) is 0.471. The molecule has 3 aromatic heterocycles. The number of anilines is 1. The molecule has 0 spiro atoms. The van der Waals surface area contributed by atoms with Crippen LogP contribution in [0, 0.1) is 13.8 Å². The van der Waals surface area contributed by atoms with E-state index in [1.165, 1.54) is 0 Å². The molecule has 9 heteroatoms. The molecule has 1 aliphatic heterocycles. The maximum absolute atomic E-state index is 13.0. The van der Waals surface area contributed by atoms with Crippen LogP contribution in [0.2, 0.25) is 0 Å². The number of aryl methyl sites for hydroxylation is 3. The maximum atomic E-state index is 13.0. The third-order valence-corrected chi connectivity index (χ3v) is 7.08. The molecule has 5 rings (SSSR count). The molecule has 1 amide bonds. The molecule has 0 saturated carbocycles. The first kappa shape index (κ1) is 21.5. The molecule has 1 atom stereocenters. The van der Waals surface area contributed by atoms with Crippen LogP contribution in [0.15, 0.2) is 36.4 Å². The average molecular weight is 462 g/mol. The van der Waals surface area contributed by atoms with Crippen molar-refractivity contribution in [2.24, 2.45) is 0 Å². The molecule has 0 aliphatic carbocycles. The molecule has 4 aromatic rings. The predicted octanol–water partition coefficient (Wildman–Crippen LogP) is 3.74. The molecule has 1 aromatic carbocycles. The fourth-order valence-electron chi connectivity index (χ4n) is 4.32. The number of hydrogen-bond acceptors (Lipinski definition) is 7. The highest BCUT2D eigenvalue weighted by atomic mass is 32.1. The summed E-state index contributed by atoms with van der Waals surface area (Å²) in [5.41, 5.74) is 4.62. The lowest BCUT2D eigenvalue weighted by molar-refractivity contribution is -0.122. The molecule has 0 unspecified atom stereocenters. The Hall–Kier alpha value is -3.33. The molecule has 1 saturated heterocycles. The van der Waals surface area contributed by atoms with E-state index in [1.54, 1.807) is 16.0 Å². The lowest BCUT2D eigenvalue weighted by Crippen LogP contribution is -2.43. The second kappa shape index (κ2) is 8.90. The molecular weight excluding hydrogens is 434 g/mol. The van der Waals surface area contributed by atoms with Gasteiger partial charge in [0.2, 0.25) is 5.91 Å². The Bertz CT molecular complexity index is 1300. The molecule has 170 valence electrons. The van der Waals surface area contributed by atoms with Gasteiger partial charge in [0.05, 0.1) is 16.1 Å². The smallest absolute Gasteiger partial charge is 0.253 e. The molecule has 0 bridgehead atoms. The van der Waals surface area contributed by atoms with E-state index in [9.17, 15) is 4.79 Å². The van der Waals surface area contributed by atoms with Crippen LogP contribution in [0.1, 0.15) is 42.4 Å². The van der Waals surface area contributed by atoms with E-state index in [0.29, 0.717) is 18.1 Å². The molecule has 4 heterocycles. The number of thiazole rings is 1. The molecule has 8 nitrogen and oxygen atoms in total. The van der Waals surface area contributed by atoms with Gasteiger partial charge in [0.1, 0.15) is 6.04 Å². The molecule has 1 N–H and O–H groups in total. The topological polar surface area (TPSA) is 88.8 Å². The Balaban J connectivity index is 1.42. The van der Waals surface area contributed by atoms with Gasteiger partial charge in [0.15, 0.2) is 10.8 Å². The van der Waals surface area contributed by atoms with Crippen LogP contribution in [0.25, 0.3) is 16.3 Å². The van der Waals surface area contributed by atoms with Gasteiger partial charge in [-0.1, -0.05) is 48.6 Å². The first-order chi connectivity index (χ1) is 16.0. The summed E-state index contributed by atoms with van der Waals surface area (Å²) in [5.74, 6) is 0.584. The minimum Gasteiger partial charge on any atom is -0.350 e. The van der Waals surface area contributed by atoms with Crippen molar-refractivity contribution in [2.45, 2.75) is 52.6 Å². The fraction of sp³-hybridized carbons (Fsp3) is 0.375. The van der Waals surface area contributed by atoms with Gasteiger partial charge < -0.3 is 10.2 Å². The number of carbonyl (C=O) groups excluding carboxylic acids is 1. The lowest BCUT2D eigenvalue weighted by atomic mass is 10.2. The first-order valence-electron chi connectivity index (χ1n) is 11.3. The normalized spacial score (nSPS) is 16.0. The minimum absolute atomic E-state index is 0.0424. The minimum atomic E-state index is -0.220. The van der Waals surface area contributed by atoms with Crippen molar-refractivity contribution in [2.75, 3.05) is 11.4 Å². The highest BCUT2D eigenvalue weighted by Crippen LogP contribution is 2.34. The summed E-state index contributed by atoms with van der Waals surface area (Å²) in [6.45, 7) is 7.38. The summed E-state index contributed by atoms with van der Waals surface area (Å²) in [6, 6.07) is 11.8. The fourth-order valence-corrected chi connectivity index (χ4v) is 5.46. The van der Waals surface area contributed by atoms with Gasteiger partial charge in [-0.3, -0.25) is 4.79 Å². The molecule has 0 radical (unpaired) electrons. The van der Waals surface area contributed by atoms with Gasteiger partial charge in [-0.2, -0.15) is 15.1 Å². The number of amides is 1. The van der Waals surface area contributed by atoms with Gasteiger partial charge in [-0.15, -0.1) is 0 Å². The zero-order valence-electron chi connectivity index (χ0n) is 19.1. The van der Waals surface area contributed by atoms with Gasteiger partial charge in [-0.05, 0) is 44.7 Å². The van der Waals surface area contributed by atoms with Crippen LogP contribution in [0.4, 0.5) is 5.13 Å². The number of aromatic nitrogens is 5. The number of benzene rings is 1. The zero-order valence-corrected chi connectivity index (χ0v) is 19.9. The summed E-state index contributed by atoms with van der Waals surface area (Å²) in [4.78, 5) is 29.5. The van der Waals surface area contributed by atoms with Crippen LogP contribution in [-0.2, 0) is 17.8 Å². The van der Waals surface area contributed by atoms with Crippen molar-refractivity contribution < 1.29 is 4.79 Å². The van der Waals surface area contributed by atoms with E-state index < -0.39 is 0 Å². The second-order valence-corrected chi connectivity index (χ2v) is 9.34. The van der Waals surface area contributed by atoms with E-state index >= 15 is 0 Å². The first-order valence-corrected chi connectivity index (χ1v) is 12.1. The van der Waals surface area contributed by atoms with Crippen molar-refractivity contribution in [1.82, 2.24) is 30.0 Å². The zero-order chi connectivity index (χ0) is 22.9. The van der Waals surface area contributed by atoms with Crippen molar-refractivity contribution in [1.29, 1.82) is 0 Å². The molecule has 1 fully saturated rings. The van der Waals surface area contributed by atoms with E-state index in [0.717, 1.165) is 58.3 Å². The van der Waals surface area contributed by atoms with Gasteiger partial charge in [0, 0.05) is 18.8 Å². The Morgan fingerprint density at radius 3 is 2.73 bits per heavy atom. The Kier molecular flexibility index (Phi) is 5.80. The molecular formula is C24H27N7OS. The molecule has 33 heavy (non-hydrogen) atoms. The Morgan fingerprint density at radius 1 is 1.18 bits per heavy atom. The van der Waals surface area contributed by atoms with Crippen LogP contribution in [-0.4, -0.2) is 43.2 Å². The summed E-state index contributed by atoms with van der Waals surface area (Å²) in [5, 5.41) is 8.45. The Morgan fingerprint density at radius 2 is 2.00 bits per heavy atom. The standard InChI is InChI=1S/C24H27N7OS/c1-4-18-20-21(27-23(26-18)31-16(3)13-15(2)29-31)28-24(33-20)30-12-8-11-19(30)22(32)25-14-17-9-6-5-7-10-17/h5-7,9-10,13,19H,4,8,11-12,14H2,1-3H3,(H,25,32)/t19-/m1/s1. The molecule has 1 aliphatic rings. The average Bonchev–Trinajstić information content (AvgIpc) is 3.55. The van der Waals surface area contributed by atoms with Gasteiger partial charge in [0.25, 0.3) is 5.95 Å². The van der Waals surface area contributed by atoms with Crippen molar-refractivity contribution >= 4 is 32.7 Å². The van der Waals surface area contributed by atoms with E-state index in [1.807, 2.05) is 50.2 Å². The largest absolute Gasteiger partial charge is 0.350 e. The lowest BCUT2D eigenvalue weighted by Gasteiger charge is -2.23. The number of hydrogen-bond donors (Lipinski definition) is 1. The summed E-state index contributed by atoms with van der Waals surface area (Å²) in [6.07, 6.45) is 2.55. The number of fused-ring (bicyclic) bond motifs is 1. The van der Waals surface area contributed by atoms with Crippen LogP contribution in [0.5, 0.6) is 0 Å². The van der Waals surface area contributed by atoms with Crippen LogP contribution < -0.4 is 10.2 Å². The van der Waals surface area contributed by atoms with Crippen LogP contribution in [0.3, 0.4) is 0 Å². The van der Waals surface area contributed by atoms with Crippen molar-refractivity contribution in [3.63, 3.8) is 0 Å². The van der Waals surface area contributed by atoms with E-state index in [-0.39, 0.29) is 11.9 Å². The van der Waals surface area contributed by atoms with Crippen LogP contribution >= 0.6 is 11.3 Å². The summed E-state index contributed by atoms with van der Waals surface area (Å²) < 4.78 is 2.75. The predicted molar refractivity (Wildman–Crippen MR) is 130 cm³/mol. The Labute approximate surface area is 196 Å². The van der Waals surface area contributed by atoms with Gasteiger partial charge in [-0.25, -0.2) is 9.67 Å². The third-order valence-electron chi connectivity index (χ3n) is 5.95. The highest BCUT2D eigenvalue weighted by molar-refractivity contribution is 7.22.